The molecule has 0 aromatic heterocycles. The van der Waals surface area contributed by atoms with Gasteiger partial charge in [0.1, 0.15) is 20.2 Å². The monoisotopic (exact) mass is 256 g/mol. The number of esters is 1. The van der Waals surface area contributed by atoms with Crippen molar-refractivity contribution >= 4 is 23.9 Å². The lowest BCUT2D eigenvalue weighted by Gasteiger charge is -2.04. The number of carbonyl (C=O) groups is 1. The van der Waals surface area contributed by atoms with Gasteiger partial charge in [-0.3, -0.25) is 4.55 Å². The van der Waals surface area contributed by atoms with E-state index in [-0.39, 0.29) is 6.61 Å². The lowest BCUT2D eigenvalue weighted by atomic mass is 9.96. The topological polar surface area (TPSA) is 80.7 Å². The normalized spacial score (nSPS) is 11.1. The molecule has 0 aliphatic carbocycles. The van der Waals surface area contributed by atoms with E-state index in [9.17, 15) is 13.2 Å². The summed E-state index contributed by atoms with van der Waals surface area (Å²) in [7, 11) is -2.13. The minimum atomic E-state index is -4.09. The third-order valence-electron chi connectivity index (χ3n) is 2.15. The van der Waals surface area contributed by atoms with Crippen LogP contribution in [0.1, 0.15) is 15.9 Å². The van der Waals surface area contributed by atoms with Crippen molar-refractivity contribution in [1.82, 2.24) is 0 Å². The lowest BCUT2D eigenvalue weighted by Crippen LogP contribution is -2.14. The summed E-state index contributed by atoms with van der Waals surface area (Å²) >= 11 is 0. The molecular formula is C10H13BO5S. The molecule has 0 atom stereocenters. The molecule has 92 valence electrons. The van der Waals surface area contributed by atoms with Crippen molar-refractivity contribution in [3.05, 3.63) is 35.4 Å². The first kappa shape index (κ1) is 13.7. The molecule has 0 saturated heterocycles. The summed E-state index contributed by atoms with van der Waals surface area (Å²) in [6.45, 7) is -0.353. The second kappa shape index (κ2) is 5.83. The average molecular weight is 256 g/mol. The molecule has 0 radical (unpaired) electrons. The van der Waals surface area contributed by atoms with Gasteiger partial charge in [-0.1, -0.05) is 24.0 Å². The Balaban J connectivity index is 2.58. The molecule has 7 heteroatoms. The van der Waals surface area contributed by atoms with E-state index in [2.05, 4.69) is 0 Å². The number of rotatable bonds is 5. The van der Waals surface area contributed by atoms with Crippen molar-refractivity contribution in [2.75, 3.05) is 12.4 Å². The van der Waals surface area contributed by atoms with Crippen LogP contribution in [0, 0.1) is 0 Å². The van der Waals surface area contributed by atoms with Gasteiger partial charge in [0.15, 0.2) is 0 Å². The molecule has 0 aliphatic heterocycles. The Morgan fingerprint density at radius 2 is 2.12 bits per heavy atom. The molecular weight excluding hydrogens is 243 g/mol. The molecule has 1 rings (SSSR count). The summed E-state index contributed by atoms with van der Waals surface area (Å²) in [5.41, 5.74) is 1.37. The average Bonchev–Trinajstić information content (AvgIpc) is 2.27. The molecule has 0 spiro atoms. The van der Waals surface area contributed by atoms with E-state index >= 15 is 0 Å². The van der Waals surface area contributed by atoms with Crippen LogP contribution < -0.4 is 0 Å². The standard InChI is InChI=1S/C10H13BO5S/c11-7-8-2-1-3-9(6-8)10(12)16-4-5-17(13,14)15/h1-3,6H,4-5,7,11H2,(H,13,14,15). The van der Waals surface area contributed by atoms with Crippen LogP contribution in [-0.4, -0.2) is 39.1 Å². The van der Waals surface area contributed by atoms with E-state index in [4.69, 9.17) is 9.29 Å². The molecule has 0 heterocycles. The zero-order chi connectivity index (χ0) is 12.9. The Morgan fingerprint density at radius 1 is 1.41 bits per heavy atom. The molecule has 17 heavy (non-hydrogen) atoms. The first-order valence-corrected chi connectivity index (χ1v) is 6.74. The maximum absolute atomic E-state index is 11.5. The highest BCUT2D eigenvalue weighted by Gasteiger charge is 2.10. The third-order valence-corrected chi connectivity index (χ3v) is 2.83. The molecule has 0 fully saturated rings. The zero-order valence-electron chi connectivity index (χ0n) is 9.42. The fourth-order valence-electron chi connectivity index (χ4n) is 1.24. The molecule has 1 aromatic rings. The number of carbonyl (C=O) groups excluding carboxylic acids is 1. The zero-order valence-corrected chi connectivity index (χ0v) is 10.2. The van der Waals surface area contributed by atoms with E-state index in [0.29, 0.717) is 5.56 Å². The maximum Gasteiger partial charge on any atom is 0.338 e. The van der Waals surface area contributed by atoms with Crippen molar-refractivity contribution in [1.29, 1.82) is 0 Å². The van der Waals surface area contributed by atoms with E-state index < -0.39 is 21.8 Å². The van der Waals surface area contributed by atoms with Crippen LogP contribution in [-0.2, 0) is 21.2 Å². The summed E-state index contributed by atoms with van der Waals surface area (Å²) in [6, 6.07) is 6.90. The lowest BCUT2D eigenvalue weighted by molar-refractivity contribution is 0.0528. The van der Waals surface area contributed by atoms with Crippen molar-refractivity contribution < 1.29 is 22.5 Å². The highest BCUT2D eigenvalue weighted by molar-refractivity contribution is 7.85. The fourth-order valence-corrected chi connectivity index (χ4v) is 1.54. The van der Waals surface area contributed by atoms with E-state index in [1.807, 2.05) is 13.9 Å². The van der Waals surface area contributed by atoms with Crippen molar-refractivity contribution in [2.45, 2.75) is 6.32 Å². The van der Waals surface area contributed by atoms with Crippen molar-refractivity contribution in [2.24, 2.45) is 0 Å². The molecule has 1 aromatic carbocycles. The molecule has 1 N–H and O–H groups in total. The van der Waals surface area contributed by atoms with Crippen LogP contribution in [0.5, 0.6) is 0 Å². The van der Waals surface area contributed by atoms with Gasteiger partial charge >= 0.3 is 5.97 Å². The molecule has 0 bridgehead atoms. The Hall–Kier alpha value is -1.34. The molecule has 0 aliphatic rings. The minimum absolute atomic E-state index is 0.353. The van der Waals surface area contributed by atoms with Crippen LogP contribution in [0.3, 0.4) is 0 Å². The third kappa shape index (κ3) is 5.01. The molecule has 0 amide bonds. The quantitative estimate of drug-likeness (QED) is 0.450. The van der Waals surface area contributed by atoms with Crippen LogP contribution >= 0.6 is 0 Å². The number of hydrogen-bond acceptors (Lipinski definition) is 4. The Morgan fingerprint density at radius 3 is 2.71 bits per heavy atom. The number of benzene rings is 1. The highest BCUT2D eigenvalue weighted by Crippen LogP contribution is 2.06. The predicted octanol–water partition coefficient (Wildman–Crippen LogP) is -0.136. The van der Waals surface area contributed by atoms with Gasteiger partial charge in [0.2, 0.25) is 0 Å². The number of hydrogen-bond donors (Lipinski definition) is 1. The Labute approximate surface area is 101 Å². The fraction of sp³-hybridized carbons (Fsp3) is 0.300. The van der Waals surface area contributed by atoms with Gasteiger partial charge < -0.3 is 4.74 Å². The van der Waals surface area contributed by atoms with Crippen LogP contribution in [0.4, 0.5) is 0 Å². The molecule has 5 nitrogen and oxygen atoms in total. The molecule has 0 unspecified atom stereocenters. The number of ether oxygens (including phenoxy) is 1. The van der Waals surface area contributed by atoms with Gasteiger partial charge in [-0.15, -0.1) is 0 Å². The summed E-state index contributed by atoms with van der Waals surface area (Å²) in [5, 5.41) is 0. The van der Waals surface area contributed by atoms with E-state index in [1.54, 1.807) is 18.2 Å². The second-order valence-corrected chi connectivity index (χ2v) is 5.05. The van der Waals surface area contributed by atoms with Gasteiger partial charge in [0, 0.05) is 0 Å². The van der Waals surface area contributed by atoms with E-state index in [0.717, 1.165) is 11.9 Å². The highest BCUT2D eigenvalue weighted by atomic mass is 32.2. The second-order valence-electron chi connectivity index (χ2n) is 3.48. The van der Waals surface area contributed by atoms with Crippen LogP contribution in [0.2, 0.25) is 0 Å². The van der Waals surface area contributed by atoms with Gasteiger partial charge in [0.05, 0.1) is 5.56 Å². The van der Waals surface area contributed by atoms with Gasteiger partial charge in [0.25, 0.3) is 10.1 Å². The SMILES string of the molecule is BCc1cccc(C(=O)OCCS(=O)(=O)O)c1. The Kier molecular flexibility index (Phi) is 4.71. The summed E-state index contributed by atoms with van der Waals surface area (Å²) in [4.78, 5) is 11.5. The summed E-state index contributed by atoms with van der Waals surface area (Å²) in [6.07, 6.45) is 0.798. The van der Waals surface area contributed by atoms with E-state index in [1.165, 1.54) is 0 Å². The largest absolute Gasteiger partial charge is 0.461 e. The smallest absolute Gasteiger partial charge is 0.338 e. The first-order chi connectivity index (χ1) is 7.92. The van der Waals surface area contributed by atoms with Crippen molar-refractivity contribution in [3.8, 4) is 0 Å². The van der Waals surface area contributed by atoms with Crippen LogP contribution in [0.25, 0.3) is 0 Å². The minimum Gasteiger partial charge on any atom is -0.461 e. The first-order valence-electron chi connectivity index (χ1n) is 5.13. The van der Waals surface area contributed by atoms with Gasteiger partial charge in [-0.25, -0.2) is 4.79 Å². The van der Waals surface area contributed by atoms with Gasteiger partial charge in [-0.05, 0) is 12.1 Å². The predicted molar refractivity (Wildman–Crippen MR) is 65.4 cm³/mol. The molecule has 0 saturated carbocycles. The summed E-state index contributed by atoms with van der Waals surface area (Å²) < 4.78 is 34.0. The van der Waals surface area contributed by atoms with Crippen LogP contribution in [0.15, 0.2) is 24.3 Å². The summed E-state index contributed by atoms with van der Waals surface area (Å²) in [5.74, 6) is -1.18. The van der Waals surface area contributed by atoms with Gasteiger partial charge in [-0.2, -0.15) is 8.42 Å². The van der Waals surface area contributed by atoms with Crippen molar-refractivity contribution in [3.63, 3.8) is 0 Å². The maximum atomic E-state index is 11.5. The Bertz CT molecular complexity index is 497.